The van der Waals surface area contributed by atoms with Crippen LogP contribution in [0.4, 0.5) is 0 Å². The van der Waals surface area contributed by atoms with Gasteiger partial charge in [-0.2, -0.15) is 5.10 Å². The van der Waals surface area contributed by atoms with Crippen LogP contribution < -0.4 is 5.32 Å². The van der Waals surface area contributed by atoms with Gasteiger partial charge in [0.2, 0.25) is 0 Å². The van der Waals surface area contributed by atoms with Crippen LogP contribution in [0, 0.1) is 5.92 Å². The second-order valence-electron chi connectivity index (χ2n) is 4.22. The second-order valence-corrected chi connectivity index (χ2v) is 4.22. The Balaban J connectivity index is 2.22. The Hall–Kier alpha value is -0.830. The molecule has 14 heavy (non-hydrogen) atoms. The number of hydrogen-bond acceptors (Lipinski definition) is 2. The van der Waals surface area contributed by atoms with E-state index < -0.39 is 0 Å². The molecule has 0 fully saturated rings. The van der Waals surface area contributed by atoms with Gasteiger partial charge in [0.25, 0.3) is 0 Å². The lowest BCUT2D eigenvalue weighted by Crippen LogP contribution is -2.32. The Bertz CT molecular complexity index is 265. The molecule has 1 atom stereocenters. The van der Waals surface area contributed by atoms with Crippen molar-refractivity contribution in [3.05, 3.63) is 18.0 Å². The van der Waals surface area contributed by atoms with Crippen LogP contribution in [0.1, 0.15) is 26.5 Å². The molecular weight excluding hydrogens is 174 g/mol. The quantitative estimate of drug-likeness (QED) is 0.773. The van der Waals surface area contributed by atoms with Crippen LogP contribution in [0.15, 0.2) is 12.3 Å². The average molecular weight is 195 g/mol. The molecule has 0 aliphatic carbocycles. The van der Waals surface area contributed by atoms with Gasteiger partial charge >= 0.3 is 0 Å². The van der Waals surface area contributed by atoms with Gasteiger partial charge in [-0.15, -0.1) is 0 Å². The first kappa shape index (κ1) is 11.2. The number of aryl methyl sites for hydroxylation is 1. The molecule has 1 unspecified atom stereocenters. The largest absolute Gasteiger partial charge is 0.314 e. The lowest BCUT2D eigenvalue weighted by atomic mass is 10.1. The summed E-state index contributed by atoms with van der Waals surface area (Å²) in [4.78, 5) is 0. The number of hydrogen-bond donors (Lipinski definition) is 1. The molecule has 1 heterocycles. The SMILES string of the molecule is CC(C)C(C)NCCc1ccn(C)n1. The summed E-state index contributed by atoms with van der Waals surface area (Å²) in [6.07, 6.45) is 3.00. The van der Waals surface area contributed by atoms with Crippen molar-refractivity contribution in [3.8, 4) is 0 Å². The monoisotopic (exact) mass is 195 g/mol. The van der Waals surface area contributed by atoms with Gasteiger partial charge in [-0.05, 0) is 18.9 Å². The van der Waals surface area contributed by atoms with E-state index in [0.29, 0.717) is 12.0 Å². The van der Waals surface area contributed by atoms with Gasteiger partial charge in [-0.1, -0.05) is 13.8 Å². The molecule has 0 bridgehead atoms. The van der Waals surface area contributed by atoms with Crippen molar-refractivity contribution in [2.75, 3.05) is 6.54 Å². The van der Waals surface area contributed by atoms with Gasteiger partial charge in [0.15, 0.2) is 0 Å². The van der Waals surface area contributed by atoms with E-state index in [1.54, 1.807) is 0 Å². The summed E-state index contributed by atoms with van der Waals surface area (Å²) >= 11 is 0. The van der Waals surface area contributed by atoms with E-state index in [1.165, 1.54) is 0 Å². The zero-order valence-corrected chi connectivity index (χ0v) is 9.62. The summed E-state index contributed by atoms with van der Waals surface area (Å²) in [5.74, 6) is 0.693. The van der Waals surface area contributed by atoms with Crippen molar-refractivity contribution in [1.82, 2.24) is 15.1 Å². The zero-order chi connectivity index (χ0) is 10.6. The Kier molecular flexibility index (Phi) is 4.14. The van der Waals surface area contributed by atoms with Crippen molar-refractivity contribution in [2.45, 2.75) is 33.2 Å². The predicted octanol–water partition coefficient (Wildman–Crippen LogP) is 1.60. The highest BCUT2D eigenvalue weighted by Gasteiger charge is 2.05. The number of nitrogens with one attached hydrogen (secondary N) is 1. The molecule has 3 nitrogen and oxygen atoms in total. The molecule has 0 aliphatic rings. The molecule has 1 rings (SSSR count). The zero-order valence-electron chi connectivity index (χ0n) is 9.62. The van der Waals surface area contributed by atoms with Gasteiger partial charge in [0.1, 0.15) is 0 Å². The van der Waals surface area contributed by atoms with E-state index in [9.17, 15) is 0 Å². The minimum absolute atomic E-state index is 0.582. The summed E-state index contributed by atoms with van der Waals surface area (Å²) < 4.78 is 1.85. The highest BCUT2D eigenvalue weighted by Crippen LogP contribution is 2.00. The fourth-order valence-corrected chi connectivity index (χ4v) is 1.26. The Morgan fingerprint density at radius 3 is 2.64 bits per heavy atom. The van der Waals surface area contributed by atoms with Gasteiger partial charge in [0.05, 0.1) is 5.69 Å². The maximum Gasteiger partial charge on any atom is 0.0637 e. The van der Waals surface area contributed by atoms with Crippen LogP contribution in [-0.4, -0.2) is 22.4 Å². The van der Waals surface area contributed by atoms with Crippen LogP contribution in [0.25, 0.3) is 0 Å². The van der Waals surface area contributed by atoms with E-state index in [0.717, 1.165) is 18.7 Å². The minimum atomic E-state index is 0.582. The van der Waals surface area contributed by atoms with E-state index in [4.69, 9.17) is 0 Å². The van der Waals surface area contributed by atoms with Crippen molar-refractivity contribution in [2.24, 2.45) is 13.0 Å². The first-order valence-electron chi connectivity index (χ1n) is 5.31. The molecule has 80 valence electrons. The molecule has 3 heteroatoms. The third-order valence-electron chi connectivity index (χ3n) is 2.62. The molecule has 1 aromatic heterocycles. The Labute approximate surface area is 86.5 Å². The fraction of sp³-hybridized carbons (Fsp3) is 0.727. The molecule has 0 amide bonds. The summed E-state index contributed by atoms with van der Waals surface area (Å²) in [5, 5.41) is 7.82. The molecule has 0 radical (unpaired) electrons. The van der Waals surface area contributed by atoms with Crippen LogP contribution in [0.2, 0.25) is 0 Å². The van der Waals surface area contributed by atoms with E-state index in [2.05, 4.69) is 37.3 Å². The molecular formula is C11H21N3. The van der Waals surface area contributed by atoms with Crippen molar-refractivity contribution in [1.29, 1.82) is 0 Å². The second kappa shape index (κ2) is 5.15. The molecule has 1 aromatic rings. The lowest BCUT2D eigenvalue weighted by Gasteiger charge is -2.16. The normalized spacial score (nSPS) is 13.5. The van der Waals surface area contributed by atoms with Crippen molar-refractivity contribution < 1.29 is 0 Å². The third kappa shape index (κ3) is 3.50. The summed E-state index contributed by atoms with van der Waals surface area (Å²) in [6, 6.07) is 2.65. The first-order chi connectivity index (χ1) is 6.59. The average Bonchev–Trinajstić information content (AvgIpc) is 2.51. The number of rotatable bonds is 5. The Morgan fingerprint density at radius 2 is 2.14 bits per heavy atom. The van der Waals surface area contributed by atoms with Gasteiger partial charge < -0.3 is 5.32 Å². The smallest absolute Gasteiger partial charge is 0.0637 e. The van der Waals surface area contributed by atoms with Crippen LogP contribution in [0.3, 0.4) is 0 Å². The van der Waals surface area contributed by atoms with Crippen molar-refractivity contribution in [3.63, 3.8) is 0 Å². The van der Waals surface area contributed by atoms with Crippen LogP contribution in [-0.2, 0) is 13.5 Å². The molecule has 0 saturated carbocycles. The number of nitrogens with zero attached hydrogens (tertiary/aromatic N) is 2. The van der Waals surface area contributed by atoms with Crippen LogP contribution >= 0.6 is 0 Å². The topological polar surface area (TPSA) is 29.9 Å². The fourth-order valence-electron chi connectivity index (χ4n) is 1.26. The molecule has 0 aromatic carbocycles. The summed E-state index contributed by atoms with van der Waals surface area (Å²) in [5.41, 5.74) is 1.16. The standard InChI is InChI=1S/C11H21N3/c1-9(2)10(3)12-7-5-11-6-8-14(4)13-11/h6,8-10,12H,5,7H2,1-4H3. The van der Waals surface area contributed by atoms with Crippen molar-refractivity contribution >= 4 is 0 Å². The lowest BCUT2D eigenvalue weighted by molar-refractivity contribution is 0.429. The third-order valence-corrected chi connectivity index (χ3v) is 2.62. The number of aromatic nitrogens is 2. The molecule has 1 N–H and O–H groups in total. The van der Waals surface area contributed by atoms with E-state index in [1.807, 2.05) is 17.9 Å². The molecule has 0 aliphatic heterocycles. The van der Waals surface area contributed by atoms with E-state index >= 15 is 0 Å². The first-order valence-corrected chi connectivity index (χ1v) is 5.31. The minimum Gasteiger partial charge on any atom is -0.314 e. The highest BCUT2D eigenvalue weighted by molar-refractivity contribution is 4.99. The Morgan fingerprint density at radius 1 is 1.43 bits per heavy atom. The molecule has 0 saturated heterocycles. The predicted molar refractivity (Wildman–Crippen MR) is 59.2 cm³/mol. The van der Waals surface area contributed by atoms with E-state index in [-0.39, 0.29) is 0 Å². The maximum atomic E-state index is 4.33. The van der Waals surface area contributed by atoms with Crippen LogP contribution in [0.5, 0.6) is 0 Å². The van der Waals surface area contributed by atoms with Gasteiger partial charge in [-0.25, -0.2) is 0 Å². The summed E-state index contributed by atoms with van der Waals surface area (Å²) in [7, 11) is 1.95. The maximum absolute atomic E-state index is 4.33. The van der Waals surface area contributed by atoms with Gasteiger partial charge in [-0.3, -0.25) is 4.68 Å². The van der Waals surface area contributed by atoms with Gasteiger partial charge in [0, 0.05) is 32.3 Å². The highest BCUT2D eigenvalue weighted by atomic mass is 15.2. The molecule has 0 spiro atoms. The summed E-state index contributed by atoms with van der Waals surface area (Å²) in [6.45, 7) is 7.70.